The number of nitrogens with one attached hydrogen (secondary N) is 2. The number of hydrogen-bond acceptors (Lipinski definition) is 2. The second kappa shape index (κ2) is 8.17. The summed E-state index contributed by atoms with van der Waals surface area (Å²) in [7, 11) is 0. The molecular formula is C17H16ClF3N2O. The Morgan fingerprint density at radius 2 is 1.92 bits per heavy atom. The largest absolute Gasteiger partial charge is 0.326 e. The van der Waals surface area contributed by atoms with E-state index < -0.39 is 17.5 Å². The fourth-order valence-electron chi connectivity index (χ4n) is 2.39. The van der Waals surface area contributed by atoms with Crippen LogP contribution in [0, 0.1) is 17.5 Å². The van der Waals surface area contributed by atoms with Crippen LogP contribution in [0.25, 0.3) is 0 Å². The fraction of sp³-hybridized carbons (Fsp3) is 0.235. The number of halogens is 4. The average molecular weight is 357 g/mol. The van der Waals surface area contributed by atoms with Gasteiger partial charge < -0.3 is 10.6 Å². The highest BCUT2D eigenvalue weighted by Gasteiger charge is 2.15. The van der Waals surface area contributed by atoms with Crippen molar-refractivity contribution < 1.29 is 18.0 Å². The standard InChI is InChI=1S/C17H16ClF3N2O/c1-10(12-3-2-4-14(19)15(12)20)7-22-8-11-5-6-13(18)16(21)17(11)23-9-24/h2-6,9-10,22H,7-8H2,1H3,(H,23,24). The third-order valence-corrected chi connectivity index (χ3v) is 3.95. The molecule has 1 atom stereocenters. The summed E-state index contributed by atoms with van der Waals surface area (Å²) >= 11 is 5.69. The molecule has 128 valence electrons. The van der Waals surface area contributed by atoms with Gasteiger partial charge in [0.1, 0.15) is 0 Å². The van der Waals surface area contributed by atoms with Crippen LogP contribution in [0.5, 0.6) is 0 Å². The van der Waals surface area contributed by atoms with Gasteiger partial charge in [0.15, 0.2) is 17.5 Å². The topological polar surface area (TPSA) is 41.1 Å². The molecule has 0 saturated heterocycles. The molecule has 7 heteroatoms. The van der Waals surface area contributed by atoms with Gasteiger partial charge in [0.25, 0.3) is 0 Å². The van der Waals surface area contributed by atoms with E-state index in [0.717, 1.165) is 6.07 Å². The molecule has 0 fully saturated rings. The summed E-state index contributed by atoms with van der Waals surface area (Å²) in [5.74, 6) is -2.77. The molecule has 0 aliphatic heterocycles. The molecule has 0 aliphatic carbocycles. The molecule has 2 aromatic rings. The van der Waals surface area contributed by atoms with Crippen molar-refractivity contribution in [1.82, 2.24) is 5.32 Å². The molecule has 0 radical (unpaired) electrons. The highest BCUT2D eigenvalue weighted by molar-refractivity contribution is 6.31. The van der Waals surface area contributed by atoms with E-state index in [1.54, 1.807) is 13.0 Å². The Labute approximate surface area is 142 Å². The quantitative estimate of drug-likeness (QED) is 0.729. The van der Waals surface area contributed by atoms with E-state index in [0.29, 0.717) is 18.5 Å². The van der Waals surface area contributed by atoms with Crippen LogP contribution in [0.15, 0.2) is 30.3 Å². The van der Waals surface area contributed by atoms with E-state index in [1.165, 1.54) is 18.2 Å². The average Bonchev–Trinajstić information content (AvgIpc) is 2.56. The van der Waals surface area contributed by atoms with Crippen molar-refractivity contribution >= 4 is 23.7 Å². The lowest BCUT2D eigenvalue weighted by Crippen LogP contribution is -2.21. The molecule has 24 heavy (non-hydrogen) atoms. The minimum absolute atomic E-state index is 0.00501. The summed E-state index contributed by atoms with van der Waals surface area (Å²) in [5.41, 5.74) is 0.751. The lowest BCUT2D eigenvalue weighted by Gasteiger charge is -2.16. The molecule has 0 heterocycles. The highest BCUT2D eigenvalue weighted by atomic mass is 35.5. The highest BCUT2D eigenvalue weighted by Crippen LogP contribution is 2.26. The number of benzene rings is 2. The van der Waals surface area contributed by atoms with Gasteiger partial charge in [-0.3, -0.25) is 4.79 Å². The van der Waals surface area contributed by atoms with Gasteiger partial charge in [-0.25, -0.2) is 13.2 Å². The Hall–Kier alpha value is -2.05. The van der Waals surface area contributed by atoms with E-state index in [2.05, 4.69) is 10.6 Å². The maximum Gasteiger partial charge on any atom is 0.211 e. The first-order valence-corrected chi connectivity index (χ1v) is 7.65. The third kappa shape index (κ3) is 4.07. The second-order valence-corrected chi connectivity index (χ2v) is 5.74. The van der Waals surface area contributed by atoms with Gasteiger partial charge >= 0.3 is 0 Å². The fourth-order valence-corrected chi connectivity index (χ4v) is 2.54. The predicted octanol–water partition coefficient (Wildman–Crippen LogP) is 4.22. The summed E-state index contributed by atoms with van der Waals surface area (Å²) in [6.45, 7) is 2.31. The van der Waals surface area contributed by atoms with Gasteiger partial charge in [0.05, 0.1) is 10.7 Å². The van der Waals surface area contributed by atoms with E-state index >= 15 is 0 Å². The predicted molar refractivity (Wildman–Crippen MR) is 87.6 cm³/mol. The second-order valence-electron chi connectivity index (χ2n) is 5.33. The van der Waals surface area contributed by atoms with Crippen molar-refractivity contribution in [3.05, 3.63) is 63.9 Å². The Morgan fingerprint density at radius 1 is 1.17 bits per heavy atom. The number of hydrogen-bond donors (Lipinski definition) is 2. The molecule has 2 aromatic carbocycles. The van der Waals surface area contributed by atoms with E-state index in [9.17, 15) is 18.0 Å². The van der Waals surface area contributed by atoms with Gasteiger partial charge in [-0.2, -0.15) is 0 Å². The number of carbonyl (C=O) groups excluding carboxylic acids is 1. The van der Waals surface area contributed by atoms with Crippen LogP contribution in [-0.2, 0) is 11.3 Å². The first-order valence-electron chi connectivity index (χ1n) is 7.27. The van der Waals surface area contributed by atoms with E-state index in [4.69, 9.17) is 11.6 Å². The monoisotopic (exact) mass is 356 g/mol. The molecule has 0 aromatic heterocycles. The lowest BCUT2D eigenvalue weighted by molar-refractivity contribution is -0.105. The van der Waals surface area contributed by atoms with Crippen LogP contribution in [0.2, 0.25) is 5.02 Å². The van der Waals surface area contributed by atoms with Crippen molar-refractivity contribution in [3.8, 4) is 0 Å². The van der Waals surface area contributed by atoms with E-state index in [-0.39, 0.29) is 28.7 Å². The minimum atomic E-state index is -0.892. The summed E-state index contributed by atoms with van der Waals surface area (Å²) in [4.78, 5) is 10.6. The maximum absolute atomic E-state index is 13.9. The smallest absolute Gasteiger partial charge is 0.211 e. The van der Waals surface area contributed by atoms with Gasteiger partial charge in [-0.05, 0) is 29.2 Å². The van der Waals surface area contributed by atoms with Gasteiger partial charge in [0.2, 0.25) is 6.41 Å². The number of rotatable bonds is 7. The van der Waals surface area contributed by atoms with Gasteiger partial charge in [0, 0.05) is 13.1 Å². The van der Waals surface area contributed by atoms with Crippen LogP contribution in [-0.4, -0.2) is 13.0 Å². The molecule has 0 saturated carbocycles. The first kappa shape index (κ1) is 18.3. The maximum atomic E-state index is 13.9. The van der Waals surface area contributed by atoms with Crippen LogP contribution >= 0.6 is 11.6 Å². The molecule has 1 unspecified atom stereocenters. The van der Waals surface area contributed by atoms with E-state index in [1.807, 2.05) is 0 Å². The molecule has 2 rings (SSSR count). The molecule has 3 nitrogen and oxygen atoms in total. The Kier molecular flexibility index (Phi) is 6.23. The van der Waals surface area contributed by atoms with Crippen LogP contribution in [0.4, 0.5) is 18.9 Å². The van der Waals surface area contributed by atoms with Gasteiger partial charge in [-0.15, -0.1) is 0 Å². The van der Waals surface area contributed by atoms with Crippen molar-refractivity contribution in [2.75, 3.05) is 11.9 Å². The van der Waals surface area contributed by atoms with Crippen molar-refractivity contribution in [2.24, 2.45) is 0 Å². The number of anilines is 1. The normalized spacial score (nSPS) is 12.0. The summed E-state index contributed by atoms with van der Waals surface area (Å²) in [6.07, 6.45) is 0.364. The molecule has 0 aliphatic rings. The Morgan fingerprint density at radius 3 is 2.62 bits per heavy atom. The molecule has 0 bridgehead atoms. The molecular weight excluding hydrogens is 341 g/mol. The SMILES string of the molecule is CC(CNCc1ccc(Cl)c(F)c1NC=O)c1cccc(F)c1F. The lowest BCUT2D eigenvalue weighted by atomic mass is 10.00. The molecule has 2 N–H and O–H groups in total. The van der Waals surface area contributed by atoms with Crippen molar-refractivity contribution in [3.63, 3.8) is 0 Å². The number of amides is 1. The Bertz CT molecular complexity index is 740. The van der Waals surface area contributed by atoms with Gasteiger partial charge in [-0.1, -0.05) is 36.7 Å². The molecule has 1 amide bonds. The van der Waals surface area contributed by atoms with Crippen molar-refractivity contribution in [2.45, 2.75) is 19.4 Å². The minimum Gasteiger partial charge on any atom is -0.326 e. The third-order valence-electron chi connectivity index (χ3n) is 3.66. The zero-order chi connectivity index (χ0) is 17.7. The number of carbonyl (C=O) groups is 1. The summed E-state index contributed by atoms with van der Waals surface area (Å²) in [5, 5.41) is 5.22. The zero-order valence-electron chi connectivity index (χ0n) is 12.9. The van der Waals surface area contributed by atoms with Crippen LogP contribution in [0.1, 0.15) is 24.0 Å². The summed E-state index contributed by atoms with van der Waals surface area (Å²) in [6, 6.07) is 7.00. The van der Waals surface area contributed by atoms with Crippen LogP contribution < -0.4 is 10.6 Å². The Balaban J connectivity index is 2.05. The zero-order valence-corrected chi connectivity index (χ0v) is 13.6. The first-order chi connectivity index (χ1) is 11.5. The molecule has 0 spiro atoms. The van der Waals surface area contributed by atoms with Crippen molar-refractivity contribution in [1.29, 1.82) is 0 Å². The van der Waals surface area contributed by atoms with Crippen LogP contribution in [0.3, 0.4) is 0 Å². The summed E-state index contributed by atoms with van der Waals surface area (Å²) < 4.78 is 40.9.